The Morgan fingerprint density at radius 2 is 1.86 bits per heavy atom. The predicted octanol–water partition coefficient (Wildman–Crippen LogP) is 2.68. The van der Waals surface area contributed by atoms with Gasteiger partial charge in [0, 0.05) is 63.5 Å². The van der Waals surface area contributed by atoms with Crippen LogP contribution in [-0.2, 0) is 21.4 Å². The van der Waals surface area contributed by atoms with Gasteiger partial charge in [0.25, 0.3) is 17.4 Å². The van der Waals surface area contributed by atoms with Crippen LogP contribution in [0.25, 0.3) is 21.9 Å². The van der Waals surface area contributed by atoms with Crippen molar-refractivity contribution in [3.63, 3.8) is 0 Å². The number of carbonyl (C=O) groups is 3. The largest absolute Gasteiger partial charge is 0.478 e. The Morgan fingerprint density at radius 3 is 2.63 bits per heavy atom. The molecule has 3 aromatic heterocycles. The van der Waals surface area contributed by atoms with Crippen LogP contribution < -0.4 is 36.0 Å². The van der Waals surface area contributed by atoms with Crippen LogP contribution in [0.5, 0.6) is 5.75 Å². The van der Waals surface area contributed by atoms with Gasteiger partial charge in [-0.05, 0) is 61.7 Å². The molecule has 2 aliphatic heterocycles. The number of aromatic nitrogens is 6. The number of likely N-dealkylation sites (N-methyl/N-ethyl adjacent to an activating group) is 1. The zero-order chi connectivity index (χ0) is 35.8. The minimum absolute atomic E-state index is 0.0697. The summed E-state index contributed by atoms with van der Waals surface area (Å²) >= 11 is 6.53. The molecule has 5 heterocycles. The molecule has 264 valence electrons. The Hall–Kier alpha value is -5.77. The summed E-state index contributed by atoms with van der Waals surface area (Å²) in [5.74, 6) is 0.103. The number of imide groups is 1. The molecule has 2 aliphatic rings. The number of fused-ring (bicyclic) bond motifs is 2. The van der Waals surface area contributed by atoms with Gasteiger partial charge in [-0.2, -0.15) is 4.98 Å². The maximum absolute atomic E-state index is 12.8. The van der Waals surface area contributed by atoms with Crippen molar-refractivity contribution in [1.29, 1.82) is 0 Å². The molecule has 2 saturated heterocycles. The number of nitrogens with one attached hydrogen (secondary N) is 3. The van der Waals surface area contributed by atoms with Crippen molar-refractivity contribution in [2.45, 2.75) is 37.8 Å². The molecule has 3 amide bonds. The zero-order valence-corrected chi connectivity index (χ0v) is 29.0. The van der Waals surface area contributed by atoms with Crippen LogP contribution in [-0.4, -0.2) is 87.1 Å². The van der Waals surface area contributed by atoms with Crippen LogP contribution >= 0.6 is 11.6 Å². The molecule has 0 aliphatic carbocycles. The normalized spacial score (nSPS) is 16.7. The summed E-state index contributed by atoms with van der Waals surface area (Å²) < 4.78 is 8.56. The van der Waals surface area contributed by atoms with Gasteiger partial charge in [0.1, 0.15) is 16.6 Å². The first kappa shape index (κ1) is 33.7. The van der Waals surface area contributed by atoms with Gasteiger partial charge in [-0.3, -0.25) is 24.5 Å². The summed E-state index contributed by atoms with van der Waals surface area (Å²) in [6.07, 6.45) is 3.96. The van der Waals surface area contributed by atoms with Gasteiger partial charge in [0.2, 0.25) is 11.9 Å². The molecule has 5 aromatic rings. The second-order valence-corrected chi connectivity index (χ2v) is 13.0. The predicted molar refractivity (Wildman–Crippen MR) is 192 cm³/mol. The average molecular weight is 714 g/mol. The summed E-state index contributed by atoms with van der Waals surface area (Å²) in [4.78, 5) is 62.1. The van der Waals surface area contributed by atoms with Crippen molar-refractivity contribution in [2.75, 3.05) is 48.9 Å². The SMILES string of the molecule is CNC(=O)COc1cc2cc(Nc3nc(N4CCC(N(C)c5ccc6c(c5)nnn6C5CCC(=O)NC5=O)CC4)ncc3Cl)ccc2n(C)c1=O. The van der Waals surface area contributed by atoms with Crippen LogP contribution in [0, 0.1) is 0 Å². The quantitative estimate of drug-likeness (QED) is 0.190. The Bertz CT molecular complexity index is 2230. The number of piperidine rings is 2. The Morgan fingerprint density at radius 1 is 1.08 bits per heavy atom. The minimum atomic E-state index is -0.564. The van der Waals surface area contributed by atoms with Gasteiger partial charge < -0.3 is 29.7 Å². The average Bonchev–Trinajstić information content (AvgIpc) is 3.56. The number of pyridine rings is 1. The molecule has 0 radical (unpaired) electrons. The molecule has 0 spiro atoms. The summed E-state index contributed by atoms with van der Waals surface area (Å²) in [6, 6.07) is 12.7. The molecule has 0 saturated carbocycles. The molecule has 7 rings (SSSR count). The van der Waals surface area contributed by atoms with Crippen molar-refractivity contribution >= 4 is 74.4 Å². The molecular formula is C34H36ClN11O5. The lowest BCUT2D eigenvalue weighted by atomic mass is 10.0. The van der Waals surface area contributed by atoms with Gasteiger partial charge in [-0.25, -0.2) is 9.67 Å². The monoisotopic (exact) mass is 713 g/mol. The standard InChI is InChI=1S/C34H36ClN11O5/c1-36-30(48)18-51-28-15-19-14-20(4-6-25(19)44(3)33(28)50)38-31-23(35)17-37-34(40-31)45-12-10-21(11-13-45)43(2)22-5-7-26-24(16-22)41-42-46(26)27-8-9-29(47)39-32(27)49/h4-7,14-17,21,27H,8-13,18H2,1-3H3,(H,36,48)(H,37,38,40)(H,39,47,49). The van der Waals surface area contributed by atoms with E-state index in [0.717, 1.165) is 42.5 Å². The highest BCUT2D eigenvalue weighted by Crippen LogP contribution is 2.31. The number of nitrogens with zero attached hydrogens (tertiary/aromatic N) is 8. The van der Waals surface area contributed by atoms with Gasteiger partial charge in [-0.15, -0.1) is 5.10 Å². The van der Waals surface area contributed by atoms with Crippen molar-refractivity contribution < 1.29 is 19.1 Å². The number of anilines is 4. The molecule has 0 bridgehead atoms. The third kappa shape index (κ3) is 6.73. The van der Waals surface area contributed by atoms with Gasteiger partial charge in [-0.1, -0.05) is 16.8 Å². The van der Waals surface area contributed by atoms with Crippen LogP contribution in [0.2, 0.25) is 5.02 Å². The number of benzene rings is 2. The molecular weight excluding hydrogens is 678 g/mol. The lowest BCUT2D eigenvalue weighted by Gasteiger charge is -2.38. The van der Waals surface area contributed by atoms with E-state index in [1.807, 2.05) is 36.4 Å². The Balaban J connectivity index is 1.02. The fraction of sp³-hybridized carbons (Fsp3) is 0.353. The van der Waals surface area contributed by atoms with Crippen molar-refractivity contribution in [1.82, 2.24) is 40.2 Å². The van der Waals surface area contributed by atoms with Crippen LogP contribution in [0.15, 0.2) is 53.5 Å². The molecule has 3 N–H and O–H groups in total. The van der Waals surface area contributed by atoms with Gasteiger partial charge in [0.15, 0.2) is 18.2 Å². The number of amides is 3. The molecule has 51 heavy (non-hydrogen) atoms. The molecule has 1 unspecified atom stereocenters. The van der Waals surface area contributed by atoms with E-state index in [0.29, 0.717) is 39.9 Å². The lowest BCUT2D eigenvalue weighted by Crippen LogP contribution is -2.44. The number of aryl methyl sites for hydroxylation is 1. The first-order valence-corrected chi connectivity index (χ1v) is 16.9. The van der Waals surface area contributed by atoms with Crippen molar-refractivity contribution in [3.8, 4) is 5.75 Å². The molecule has 2 aromatic carbocycles. The summed E-state index contributed by atoms with van der Waals surface area (Å²) in [5.41, 5.74) is 3.46. The van der Waals surface area contributed by atoms with Crippen LogP contribution in [0.3, 0.4) is 0 Å². The number of carbonyl (C=O) groups excluding carboxylic acids is 3. The maximum Gasteiger partial charge on any atom is 0.293 e. The Labute approximate surface area is 296 Å². The highest BCUT2D eigenvalue weighted by atomic mass is 35.5. The number of rotatable bonds is 9. The van der Waals surface area contributed by atoms with E-state index in [1.165, 1.54) is 11.6 Å². The first-order valence-electron chi connectivity index (χ1n) is 16.5. The maximum atomic E-state index is 12.8. The van der Waals surface area contributed by atoms with Crippen LogP contribution in [0.4, 0.5) is 23.1 Å². The number of hydrogen-bond acceptors (Lipinski definition) is 12. The van der Waals surface area contributed by atoms with E-state index >= 15 is 0 Å². The Kier molecular flexibility index (Phi) is 9.16. The molecule has 17 heteroatoms. The van der Waals surface area contributed by atoms with E-state index in [9.17, 15) is 19.2 Å². The third-order valence-electron chi connectivity index (χ3n) is 9.48. The third-order valence-corrected chi connectivity index (χ3v) is 9.76. The smallest absolute Gasteiger partial charge is 0.293 e. The number of ether oxygens (including phenoxy) is 1. The van der Waals surface area contributed by atoms with E-state index < -0.39 is 6.04 Å². The van der Waals surface area contributed by atoms with Crippen LogP contribution in [0.1, 0.15) is 31.7 Å². The zero-order valence-electron chi connectivity index (χ0n) is 28.2. The van der Waals surface area contributed by atoms with Crippen molar-refractivity contribution in [2.24, 2.45) is 7.05 Å². The molecule has 1 atom stereocenters. The summed E-state index contributed by atoms with van der Waals surface area (Å²) in [6.45, 7) is 1.19. The van der Waals surface area contributed by atoms with E-state index in [2.05, 4.69) is 48.1 Å². The minimum Gasteiger partial charge on any atom is -0.478 e. The topological polar surface area (TPSA) is 182 Å². The molecule has 2 fully saturated rings. The lowest BCUT2D eigenvalue weighted by molar-refractivity contribution is -0.136. The van der Waals surface area contributed by atoms with Gasteiger partial charge in [0.05, 0.1) is 17.2 Å². The van der Waals surface area contributed by atoms with Crippen molar-refractivity contribution in [3.05, 3.63) is 64.0 Å². The fourth-order valence-electron chi connectivity index (χ4n) is 6.54. The highest BCUT2D eigenvalue weighted by Gasteiger charge is 2.31. The second kappa shape index (κ2) is 13.9. The van der Waals surface area contributed by atoms with Gasteiger partial charge >= 0.3 is 0 Å². The summed E-state index contributed by atoms with van der Waals surface area (Å²) in [5, 5.41) is 17.8. The fourth-order valence-corrected chi connectivity index (χ4v) is 6.68. The summed E-state index contributed by atoms with van der Waals surface area (Å²) in [7, 11) is 5.21. The highest BCUT2D eigenvalue weighted by molar-refractivity contribution is 6.33. The molecule has 16 nitrogen and oxygen atoms in total. The second-order valence-electron chi connectivity index (χ2n) is 12.6. The number of halogens is 1. The first-order chi connectivity index (χ1) is 24.6. The van der Waals surface area contributed by atoms with E-state index in [1.54, 1.807) is 24.0 Å². The number of hydrogen-bond donors (Lipinski definition) is 3. The van der Waals surface area contributed by atoms with E-state index in [-0.39, 0.29) is 48.1 Å². The van der Waals surface area contributed by atoms with E-state index in [4.69, 9.17) is 21.3 Å².